The number of halogens is 1. The van der Waals surface area contributed by atoms with Crippen LogP contribution < -0.4 is 5.32 Å². The molecule has 4 heteroatoms. The molecular formula is C18H29ClN2O. The molecule has 124 valence electrons. The Balaban J connectivity index is 0.00000242. The van der Waals surface area contributed by atoms with Gasteiger partial charge in [0.2, 0.25) is 5.91 Å². The van der Waals surface area contributed by atoms with Crippen LogP contribution in [0, 0.1) is 12.8 Å². The first-order valence-corrected chi connectivity index (χ1v) is 8.17. The van der Waals surface area contributed by atoms with E-state index in [0.29, 0.717) is 12.3 Å². The average molecular weight is 325 g/mol. The van der Waals surface area contributed by atoms with Crippen molar-refractivity contribution in [3.05, 3.63) is 35.4 Å². The number of likely N-dealkylation sites (tertiary alicyclic amines) is 1. The molecule has 0 aliphatic carbocycles. The van der Waals surface area contributed by atoms with Gasteiger partial charge < -0.3 is 10.2 Å². The Morgan fingerprint density at radius 2 is 1.95 bits per heavy atom. The number of piperidine rings is 1. The number of rotatable bonds is 6. The summed E-state index contributed by atoms with van der Waals surface area (Å²) in [4.78, 5) is 14.4. The Labute approximate surface area is 140 Å². The molecule has 0 bridgehead atoms. The summed E-state index contributed by atoms with van der Waals surface area (Å²) in [6.07, 6.45) is 5.08. The minimum atomic E-state index is 0. The summed E-state index contributed by atoms with van der Waals surface area (Å²) in [7, 11) is 2.00. The van der Waals surface area contributed by atoms with Crippen molar-refractivity contribution in [3.63, 3.8) is 0 Å². The molecule has 1 N–H and O–H groups in total. The van der Waals surface area contributed by atoms with Crippen LogP contribution in [0.2, 0.25) is 0 Å². The second kappa shape index (κ2) is 9.86. The van der Waals surface area contributed by atoms with Gasteiger partial charge in [0.05, 0.1) is 0 Å². The van der Waals surface area contributed by atoms with Crippen LogP contribution in [0.1, 0.15) is 36.8 Å². The number of nitrogens with zero attached hydrogens (tertiary/aromatic N) is 1. The lowest BCUT2D eigenvalue weighted by atomic mass is 9.93. The highest BCUT2D eigenvalue weighted by Crippen LogP contribution is 2.21. The number of benzene rings is 1. The molecule has 1 saturated heterocycles. The summed E-state index contributed by atoms with van der Waals surface area (Å²) < 4.78 is 0. The maximum atomic E-state index is 12.3. The van der Waals surface area contributed by atoms with Crippen LogP contribution in [0.3, 0.4) is 0 Å². The van der Waals surface area contributed by atoms with Gasteiger partial charge in [-0.15, -0.1) is 12.4 Å². The lowest BCUT2D eigenvalue weighted by Crippen LogP contribution is -2.39. The van der Waals surface area contributed by atoms with Gasteiger partial charge in [-0.3, -0.25) is 4.79 Å². The molecule has 1 aliphatic heterocycles. The van der Waals surface area contributed by atoms with Gasteiger partial charge in [0.25, 0.3) is 0 Å². The molecular weight excluding hydrogens is 296 g/mol. The smallest absolute Gasteiger partial charge is 0.222 e. The number of amides is 1. The Bertz CT molecular complexity index is 456. The van der Waals surface area contributed by atoms with Crippen molar-refractivity contribution in [2.24, 2.45) is 5.92 Å². The van der Waals surface area contributed by atoms with Crippen molar-refractivity contribution in [1.82, 2.24) is 10.2 Å². The number of carbonyl (C=O) groups is 1. The van der Waals surface area contributed by atoms with E-state index in [-0.39, 0.29) is 12.4 Å². The van der Waals surface area contributed by atoms with E-state index in [0.717, 1.165) is 44.8 Å². The van der Waals surface area contributed by atoms with E-state index in [2.05, 4.69) is 41.4 Å². The highest BCUT2D eigenvalue weighted by Gasteiger charge is 2.22. The van der Waals surface area contributed by atoms with E-state index in [9.17, 15) is 4.79 Å². The van der Waals surface area contributed by atoms with Crippen LogP contribution >= 0.6 is 12.4 Å². The largest absolute Gasteiger partial charge is 0.343 e. The SMILES string of the molecule is CNCCC1CCN(C(=O)CCc2ccccc2C)CC1.Cl. The van der Waals surface area contributed by atoms with Crippen LogP contribution in [0.5, 0.6) is 0 Å². The molecule has 1 aromatic rings. The zero-order chi connectivity index (χ0) is 15.1. The van der Waals surface area contributed by atoms with Crippen LogP contribution in [-0.2, 0) is 11.2 Å². The van der Waals surface area contributed by atoms with Gasteiger partial charge in [-0.2, -0.15) is 0 Å². The molecule has 1 fully saturated rings. The Kier molecular flexibility index (Phi) is 8.51. The second-order valence-electron chi connectivity index (χ2n) is 6.14. The highest BCUT2D eigenvalue weighted by molar-refractivity contribution is 5.85. The van der Waals surface area contributed by atoms with Gasteiger partial charge in [-0.05, 0) is 63.2 Å². The number of hydrogen-bond acceptors (Lipinski definition) is 2. The molecule has 2 rings (SSSR count). The van der Waals surface area contributed by atoms with E-state index in [1.807, 2.05) is 7.05 Å². The summed E-state index contributed by atoms with van der Waals surface area (Å²) in [5.41, 5.74) is 2.59. The molecule has 0 unspecified atom stereocenters. The second-order valence-corrected chi connectivity index (χ2v) is 6.14. The van der Waals surface area contributed by atoms with E-state index >= 15 is 0 Å². The van der Waals surface area contributed by atoms with Gasteiger partial charge in [0.15, 0.2) is 0 Å². The maximum absolute atomic E-state index is 12.3. The van der Waals surface area contributed by atoms with Crippen molar-refractivity contribution in [1.29, 1.82) is 0 Å². The summed E-state index contributed by atoms with van der Waals surface area (Å²) >= 11 is 0. The average Bonchev–Trinajstić information content (AvgIpc) is 2.52. The quantitative estimate of drug-likeness (QED) is 0.871. The molecule has 0 atom stereocenters. The van der Waals surface area contributed by atoms with Crippen molar-refractivity contribution >= 4 is 18.3 Å². The highest BCUT2D eigenvalue weighted by atomic mass is 35.5. The van der Waals surface area contributed by atoms with E-state index in [1.165, 1.54) is 17.5 Å². The number of nitrogens with one attached hydrogen (secondary N) is 1. The van der Waals surface area contributed by atoms with Crippen LogP contribution in [0.4, 0.5) is 0 Å². The van der Waals surface area contributed by atoms with Gasteiger partial charge in [0, 0.05) is 19.5 Å². The molecule has 0 saturated carbocycles. The van der Waals surface area contributed by atoms with Crippen molar-refractivity contribution in [2.75, 3.05) is 26.7 Å². The minimum absolute atomic E-state index is 0. The van der Waals surface area contributed by atoms with Crippen molar-refractivity contribution in [3.8, 4) is 0 Å². The molecule has 1 amide bonds. The monoisotopic (exact) mass is 324 g/mol. The lowest BCUT2D eigenvalue weighted by Gasteiger charge is -2.32. The third-order valence-corrected chi connectivity index (χ3v) is 4.64. The van der Waals surface area contributed by atoms with Gasteiger partial charge in [0.1, 0.15) is 0 Å². The summed E-state index contributed by atoms with van der Waals surface area (Å²) in [6, 6.07) is 8.36. The molecule has 0 radical (unpaired) electrons. The van der Waals surface area contributed by atoms with E-state index < -0.39 is 0 Å². The maximum Gasteiger partial charge on any atom is 0.222 e. The topological polar surface area (TPSA) is 32.3 Å². The van der Waals surface area contributed by atoms with E-state index in [1.54, 1.807) is 0 Å². The number of aryl methyl sites for hydroxylation is 2. The van der Waals surface area contributed by atoms with Gasteiger partial charge in [-0.25, -0.2) is 0 Å². The normalized spacial score (nSPS) is 15.5. The van der Waals surface area contributed by atoms with Gasteiger partial charge in [-0.1, -0.05) is 24.3 Å². The fourth-order valence-corrected chi connectivity index (χ4v) is 3.11. The first kappa shape index (κ1) is 19.0. The van der Waals surface area contributed by atoms with Crippen molar-refractivity contribution < 1.29 is 4.79 Å². The standard InChI is InChI=1S/C18H28N2O.ClH/c1-15-5-3-4-6-17(15)7-8-18(21)20-13-10-16(11-14-20)9-12-19-2;/h3-6,16,19H,7-14H2,1-2H3;1H. The molecule has 1 aromatic carbocycles. The minimum Gasteiger partial charge on any atom is -0.343 e. The molecule has 1 heterocycles. The summed E-state index contributed by atoms with van der Waals surface area (Å²) in [6.45, 7) is 5.10. The third kappa shape index (κ3) is 5.62. The molecule has 0 spiro atoms. The summed E-state index contributed by atoms with van der Waals surface area (Å²) in [5, 5.41) is 3.21. The van der Waals surface area contributed by atoms with Gasteiger partial charge >= 0.3 is 0 Å². The lowest BCUT2D eigenvalue weighted by molar-refractivity contribution is -0.132. The van der Waals surface area contributed by atoms with Crippen molar-refractivity contribution in [2.45, 2.75) is 39.0 Å². The molecule has 0 aromatic heterocycles. The number of carbonyl (C=O) groups excluding carboxylic acids is 1. The first-order valence-electron chi connectivity index (χ1n) is 8.17. The van der Waals surface area contributed by atoms with Crippen LogP contribution in [0.15, 0.2) is 24.3 Å². The Hall–Kier alpha value is -1.06. The Morgan fingerprint density at radius 1 is 1.27 bits per heavy atom. The molecule has 1 aliphatic rings. The van der Waals surface area contributed by atoms with Crippen LogP contribution in [-0.4, -0.2) is 37.5 Å². The fraction of sp³-hybridized carbons (Fsp3) is 0.611. The predicted molar refractivity (Wildman–Crippen MR) is 94.6 cm³/mol. The fourth-order valence-electron chi connectivity index (χ4n) is 3.11. The molecule has 22 heavy (non-hydrogen) atoms. The first-order chi connectivity index (χ1) is 10.2. The number of hydrogen-bond donors (Lipinski definition) is 1. The third-order valence-electron chi connectivity index (χ3n) is 4.64. The summed E-state index contributed by atoms with van der Waals surface area (Å²) in [5.74, 6) is 1.11. The zero-order valence-corrected chi connectivity index (χ0v) is 14.6. The van der Waals surface area contributed by atoms with E-state index in [4.69, 9.17) is 0 Å². The molecule has 3 nitrogen and oxygen atoms in total. The Morgan fingerprint density at radius 3 is 2.59 bits per heavy atom. The van der Waals surface area contributed by atoms with Crippen LogP contribution in [0.25, 0.3) is 0 Å². The zero-order valence-electron chi connectivity index (χ0n) is 13.8. The predicted octanol–water partition coefficient (Wildman–Crippen LogP) is 3.20.